The molecule has 4 heterocycles. The number of carboxylic acid groups (broad SMARTS) is 1. The van der Waals surface area contributed by atoms with Crippen molar-refractivity contribution in [3.8, 4) is 17.4 Å². The summed E-state index contributed by atoms with van der Waals surface area (Å²) in [5.41, 5.74) is 4.40. The van der Waals surface area contributed by atoms with E-state index in [1.807, 2.05) is 17.8 Å². The van der Waals surface area contributed by atoms with Crippen LogP contribution in [-0.4, -0.2) is 78.3 Å². The number of likely N-dealkylation sites (tertiary alicyclic amines) is 1. The van der Waals surface area contributed by atoms with Gasteiger partial charge in [-0.3, -0.25) is 4.79 Å². The van der Waals surface area contributed by atoms with Crippen molar-refractivity contribution in [1.82, 2.24) is 19.7 Å². The smallest absolute Gasteiger partial charge is 0.290 e. The van der Waals surface area contributed by atoms with Gasteiger partial charge >= 0.3 is 0 Å². The van der Waals surface area contributed by atoms with Crippen molar-refractivity contribution in [1.29, 1.82) is 0 Å². The van der Waals surface area contributed by atoms with Gasteiger partial charge in [-0.15, -0.1) is 5.10 Å². The van der Waals surface area contributed by atoms with E-state index in [4.69, 9.17) is 29.2 Å². The third-order valence-corrected chi connectivity index (χ3v) is 6.02. The molecule has 1 unspecified atom stereocenters. The molecule has 9 nitrogen and oxygen atoms in total. The van der Waals surface area contributed by atoms with E-state index >= 15 is 0 Å². The number of ether oxygens (including phenoxy) is 3. The maximum Gasteiger partial charge on any atom is 0.290 e. The summed E-state index contributed by atoms with van der Waals surface area (Å²) >= 11 is 0. The molecule has 0 aromatic carbocycles. The van der Waals surface area contributed by atoms with Crippen molar-refractivity contribution in [2.24, 2.45) is 5.41 Å². The van der Waals surface area contributed by atoms with Crippen LogP contribution in [0.3, 0.4) is 0 Å². The van der Waals surface area contributed by atoms with Gasteiger partial charge < -0.3 is 24.2 Å². The molecule has 0 aliphatic carbocycles. The monoisotopic (exact) mass is 446 g/mol. The van der Waals surface area contributed by atoms with Crippen molar-refractivity contribution in [3.05, 3.63) is 29.1 Å². The van der Waals surface area contributed by atoms with Crippen LogP contribution in [0.25, 0.3) is 5.69 Å². The number of nitrogens with zero attached hydrogens (tertiary/aromatic N) is 4. The quantitative estimate of drug-likeness (QED) is 0.700. The number of fused-ring (bicyclic) bond motifs is 1. The fourth-order valence-corrected chi connectivity index (χ4v) is 4.57. The Morgan fingerprint density at radius 2 is 2.06 bits per heavy atom. The van der Waals surface area contributed by atoms with Crippen LogP contribution in [0.1, 0.15) is 36.6 Å². The number of aryl methyl sites for hydroxylation is 1. The summed E-state index contributed by atoms with van der Waals surface area (Å²) in [4.78, 5) is 15.2. The Balaban J connectivity index is 0.000000913. The molecule has 32 heavy (non-hydrogen) atoms. The van der Waals surface area contributed by atoms with Crippen LogP contribution in [0, 0.1) is 12.3 Å². The van der Waals surface area contributed by atoms with E-state index < -0.39 is 0 Å². The number of hydrogen-bond donors (Lipinski definition) is 1. The number of methoxy groups -OCH3 is 1. The van der Waals surface area contributed by atoms with E-state index in [1.54, 1.807) is 7.11 Å². The first-order chi connectivity index (χ1) is 15.4. The molecule has 4 rings (SSSR count). The first-order valence-corrected chi connectivity index (χ1v) is 11.0. The molecular formula is C23H34N4O5. The van der Waals surface area contributed by atoms with Crippen LogP contribution in [-0.2, 0) is 22.4 Å². The number of rotatable bonds is 5. The van der Waals surface area contributed by atoms with Crippen molar-refractivity contribution in [2.75, 3.05) is 47.1 Å². The average molecular weight is 447 g/mol. The number of hydrogen-bond acceptors (Lipinski definition) is 7. The molecule has 9 heteroatoms. The predicted molar refractivity (Wildman–Crippen MR) is 120 cm³/mol. The van der Waals surface area contributed by atoms with Gasteiger partial charge in [0.25, 0.3) is 6.47 Å². The highest BCUT2D eigenvalue weighted by atomic mass is 16.5. The topological polar surface area (TPSA) is 98.9 Å². The highest BCUT2D eigenvalue weighted by molar-refractivity contribution is 5.43. The van der Waals surface area contributed by atoms with E-state index in [1.165, 1.54) is 24.9 Å². The molecule has 2 aliphatic rings. The lowest BCUT2D eigenvalue weighted by Crippen LogP contribution is -2.42. The van der Waals surface area contributed by atoms with Crippen molar-refractivity contribution < 1.29 is 24.1 Å². The van der Waals surface area contributed by atoms with E-state index in [0.717, 1.165) is 42.2 Å². The molecule has 2 aromatic rings. The Bertz CT molecular complexity index is 916. The fraction of sp³-hybridized carbons (Fsp3) is 0.609. The molecule has 2 aliphatic heterocycles. The highest BCUT2D eigenvalue weighted by Crippen LogP contribution is 2.33. The van der Waals surface area contributed by atoms with E-state index in [2.05, 4.69) is 29.9 Å². The predicted octanol–water partition coefficient (Wildman–Crippen LogP) is 2.51. The standard InChI is InChI=1S/C22H32N4O3.CH2O2/c1-16-12-17(13-23-20(16)27-4)26-19-7-11-28-10-6-18(19)21(24-26)29-15-22(2)8-5-9-25(3)14-22;2-1-3/h12-13H,5-11,14-15H2,1-4H3;1H,(H,2,3). The normalized spacial score (nSPS) is 21.0. The largest absolute Gasteiger partial charge is 0.483 e. The van der Waals surface area contributed by atoms with Crippen LogP contribution in [0.15, 0.2) is 12.3 Å². The zero-order valence-corrected chi connectivity index (χ0v) is 19.5. The van der Waals surface area contributed by atoms with Gasteiger partial charge in [-0.05, 0) is 39.4 Å². The molecule has 0 radical (unpaired) electrons. The summed E-state index contributed by atoms with van der Waals surface area (Å²) in [5, 5.41) is 11.8. The SMILES string of the molecule is COc1ncc(-n2nc(OCC3(C)CCCN(C)C3)c3c2CCOCC3)cc1C.O=CO. The first-order valence-electron chi connectivity index (χ1n) is 11.0. The molecule has 176 valence electrons. The second-order valence-electron chi connectivity index (χ2n) is 8.82. The Hall–Kier alpha value is -2.65. The minimum Gasteiger partial charge on any atom is -0.483 e. The van der Waals surface area contributed by atoms with Gasteiger partial charge in [0.15, 0.2) is 0 Å². The van der Waals surface area contributed by atoms with Gasteiger partial charge in [0.05, 0.1) is 44.5 Å². The molecule has 1 fully saturated rings. The van der Waals surface area contributed by atoms with Crippen molar-refractivity contribution in [3.63, 3.8) is 0 Å². The van der Waals surface area contributed by atoms with Gasteiger partial charge in [-0.2, -0.15) is 0 Å². The van der Waals surface area contributed by atoms with Gasteiger partial charge in [0, 0.05) is 35.9 Å². The summed E-state index contributed by atoms with van der Waals surface area (Å²) < 4.78 is 19.4. The average Bonchev–Trinajstić information content (AvgIpc) is 2.92. The van der Waals surface area contributed by atoms with Crippen LogP contribution in [0.5, 0.6) is 11.8 Å². The molecule has 0 spiro atoms. The fourth-order valence-electron chi connectivity index (χ4n) is 4.57. The number of carbonyl (C=O) groups is 1. The molecule has 1 atom stereocenters. The zero-order chi connectivity index (χ0) is 23.1. The van der Waals surface area contributed by atoms with Crippen LogP contribution >= 0.6 is 0 Å². The van der Waals surface area contributed by atoms with Gasteiger partial charge in [-0.25, -0.2) is 9.67 Å². The van der Waals surface area contributed by atoms with E-state index in [0.29, 0.717) is 25.7 Å². The Morgan fingerprint density at radius 1 is 1.31 bits per heavy atom. The van der Waals surface area contributed by atoms with Gasteiger partial charge in [0.1, 0.15) is 0 Å². The number of aromatic nitrogens is 3. The van der Waals surface area contributed by atoms with Crippen LogP contribution < -0.4 is 9.47 Å². The van der Waals surface area contributed by atoms with Crippen LogP contribution in [0.4, 0.5) is 0 Å². The van der Waals surface area contributed by atoms with Gasteiger partial charge in [0.2, 0.25) is 11.8 Å². The van der Waals surface area contributed by atoms with Crippen LogP contribution in [0.2, 0.25) is 0 Å². The number of piperidine rings is 1. The summed E-state index contributed by atoms with van der Waals surface area (Å²) in [7, 11) is 3.83. The molecule has 0 saturated carbocycles. The second-order valence-corrected chi connectivity index (χ2v) is 8.82. The lowest BCUT2D eigenvalue weighted by molar-refractivity contribution is -0.122. The Labute approximate surface area is 189 Å². The lowest BCUT2D eigenvalue weighted by atomic mass is 9.83. The summed E-state index contributed by atoms with van der Waals surface area (Å²) in [5.74, 6) is 1.38. The third-order valence-electron chi connectivity index (χ3n) is 6.02. The molecule has 0 amide bonds. The minimum atomic E-state index is -0.250. The van der Waals surface area contributed by atoms with Gasteiger partial charge in [-0.1, -0.05) is 6.92 Å². The summed E-state index contributed by atoms with van der Waals surface area (Å²) in [6.45, 7) is 8.37. The molecule has 1 saturated heterocycles. The molecule has 1 N–H and O–H groups in total. The summed E-state index contributed by atoms with van der Waals surface area (Å²) in [6, 6.07) is 2.06. The first kappa shape index (κ1) is 24.0. The van der Waals surface area contributed by atoms with Crippen molar-refractivity contribution >= 4 is 6.47 Å². The Kier molecular flexibility index (Phi) is 8.09. The van der Waals surface area contributed by atoms with Crippen molar-refractivity contribution in [2.45, 2.75) is 39.5 Å². The third kappa shape index (κ3) is 5.58. The second kappa shape index (κ2) is 10.8. The highest BCUT2D eigenvalue weighted by Gasteiger charge is 2.32. The zero-order valence-electron chi connectivity index (χ0n) is 19.5. The molecular weight excluding hydrogens is 412 g/mol. The van der Waals surface area contributed by atoms with E-state index in [9.17, 15) is 0 Å². The maximum absolute atomic E-state index is 8.36. The minimum absolute atomic E-state index is 0.156. The Morgan fingerprint density at radius 3 is 2.75 bits per heavy atom. The lowest BCUT2D eigenvalue weighted by Gasteiger charge is -2.38. The maximum atomic E-state index is 8.36. The molecule has 2 aromatic heterocycles. The van der Waals surface area contributed by atoms with E-state index in [-0.39, 0.29) is 11.9 Å². The molecule has 0 bridgehead atoms. The number of pyridine rings is 1. The summed E-state index contributed by atoms with van der Waals surface area (Å²) in [6.07, 6.45) is 5.85.